The zero-order chi connectivity index (χ0) is 18.1. The van der Waals surface area contributed by atoms with Crippen LogP contribution in [-0.4, -0.2) is 20.4 Å². The number of furan rings is 1. The molecule has 0 saturated heterocycles. The van der Waals surface area contributed by atoms with Crippen molar-refractivity contribution in [2.45, 2.75) is 38.8 Å². The SMILES string of the molecule is Cc1cc(NC(=O)c2cc(S(=O)(=O)NC(C)C)oc2C)ccc1F. The molecule has 2 aromatic rings. The third kappa shape index (κ3) is 4.01. The Labute approximate surface area is 140 Å². The minimum atomic E-state index is -3.83. The summed E-state index contributed by atoms with van der Waals surface area (Å²) >= 11 is 0. The highest BCUT2D eigenvalue weighted by atomic mass is 32.2. The quantitative estimate of drug-likeness (QED) is 0.864. The Morgan fingerprint density at radius 3 is 2.46 bits per heavy atom. The van der Waals surface area contributed by atoms with Crippen molar-refractivity contribution >= 4 is 21.6 Å². The highest BCUT2D eigenvalue weighted by Crippen LogP contribution is 2.21. The molecule has 0 aliphatic heterocycles. The molecule has 0 fully saturated rings. The van der Waals surface area contributed by atoms with Crippen LogP contribution in [0.2, 0.25) is 0 Å². The number of carbonyl (C=O) groups excluding carboxylic acids is 1. The van der Waals surface area contributed by atoms with Gasteiger partial charge in [-0.15, -0.1) is 0 Å². The Morgan fingerprint density at radius 1 is 1.21 bits per heavy atom. The van der Waals surface area contributed by atoms with Crippen molar-refractivity contribution in [3.05, 3.63) is 47.0 Å². The molecule has 0 atom stereocenters. The molecule has 0 radical (unpaired) electrons. The average molecular weight is 354 g/mol. The number of carbonyl (C=O) groups is 1. The van der Waals surface area contributed by atoms with Crippen LogP contribution < -0.4 is 10.0 Å². The van der Waals surface area contributed by atoms with Crippen LogP contribution in [0.4, 0.5) is 10.1 Å². The highest BCUT2D eigenvalue weighted by Gasteiger charge is 2.24. The fourth-order valence-corrected chi connectivity index (χ4v) is 3.35. The van der Waals surface area contributed by atoms with Crippen LogP contribution in [0.25, 0.3) is 0 Å². The lowest BCUT2D eigenvalue weighted by Crippen LogP contribution is -2.29. The van der Waals surface area contributed by atoms with Crippen molar-refractivity contribution in [3.63, 3.8) is 0 Å². The van der Waals surface area contributed by atoms with Gasteiger partial charge < -0.3 is 9.73 Å². The number of amides is 1. The predicted molar refractivity (Wildman–Crippen MR) is 88.0 cm³/mol. The monoisotopic (exact) mass is 354 g/mol. The average Bonchev–Trinajstić information content (AvgIpc) is 2.84. The van der Waals surface area contributed by atoms with Crippen molar-refractivity contribution in [3.8, 4) is 0 Å². The van der Waals surface area contributed by atoms with Gasteiger partial charge in [0.2, 0.25) is 5.09 Å². The number of halogens is 1. The van der Waals surface area contributed by atoms with Crippen molar-refractivity contribution < 1.29 is 22.0 Å². The minimum absolute atomic E-state index is 0.0982. The first-order chi connectivity index (χ1) is 11.1. The number of aryl methyl sites for hydroxylation is 2. The number of rotatable bonds is 5. The number of sulfonamides is 1. The van der Waals surface area contributed by atoms with Crippen molar-refractivity contribution in [2.75, 3.05) is 5.32 Å². The van der Waals surface area contributed by atoms with Gasteiger partial charge in [0.25, 0.3) is 15.9 Å². The molecule has 2 N–H and O–H groups in total. The van der Waals surface area contributed by atoms with Crippen LogP contribution in [-0.2, 0) is 10.0 Å². The predicted octanol–water partition coefficient (Wildman–Crippen LogP) is 2.97. The van der Waals surface area contributed by atoms with Crippen molar-refractivity contribution in [1.29, 1.82) is 0 Å². The zero-order valence-corrected chi connectivity index (χ0v) is 14.6. The molecule has 0 aliphatic rings. The lowest BCUT2D eigenvalue weighted by Gasteiger charge is -2.06. The van der Waals surface area contributed by atoms with E-state index >= 15 is 0 Å². The second-order valence-corrected chi connectivity index (χ2v) is 7.37. The van der Waals surface area contributed by atoms with E-state index in [2.05, 4.69) is 10.0 Å². The standard InChI is InChI=1S/C16H19FN2O4S/c1-9(2)19-24(21,22)15-8-13(11(4)23-15)16(20)18-12-5-6-14(17)10(3)7-12/h5-9,19H,1-4H3,(H,18,20). The molecule has 8 heteroatoms. The second kappa shape index (κ2) is 6.74. The maximum atomic E-state index is 13.3. The molecule has 24 heavy (non-hydrogen) atoms. The highest BCUT2D eigenvalue weighted by molar-refractivity contribution is 7.89. The van der Waals surface area contributed by atoms with E-state index in [0.29, 0.717) is 11.3 Å². The van der Waals surface area contributed by atoms with Gasteiger partial charge in [0.05, 0.1) is 5.56 Å². The van der Waals surface area contributed by atoms with Crippen molar-refractivity contribution in [2.24, 2.45) is 0 Å². The van der Waals surface area contributed by atoms with E-state index in [9.17, 15) is 17.6 Å². The summed E-state index contributed by atoms with van der Waals surface area (Å²) in [4.78, 5) is 12.3. The number of hydrogen-bond donors (Lipinski definition) is 2. The summed E-state index contributed by atoms with van der Waals surface area (Å²) in [6.45, 7) is 6.44. The number of hydrogen-bond acceptors (Lipinski definition) is 4. The lowest BCUT2D eigenvalue weighted by molar-refractivity contribution is 0.102. The van der Waals surface area contributed by atoms with Gasteiger partial charge in [0, 0.05) is 17.8 Å². The third-order valence-corrected chi connectivity index (χ3v) is 4.72. The van der Waals surface area contributed by atoms with Crippen LogP contribution in [0.5, 0.6) is 0 Å². The number of nitrogens with one attached hydrogen (secondary N) is 2. The summed E-state index contributed by atoms with van der Waals surface area (Å²) in [6.07, 6.45) is 0. The Hall–Kier alpha value is -2.19. The Kier molecular flexibility index (Phi) is 5.10. The van der Waals surface area contributed by atoms with Gasteiger partial charge in [-0.25, -0.2) is 17.5 Å². The van der Waals surface area contributed by atoms with Gasteiger partial charge >= 0.3 is 0 Å². The molecule has 0 bridgehead atoms. The van der Waals surface area contributed by atoms with Gasteiger partial charge in [-0.05, 0) is 51.5 Å². The van der Waals surface area contributed by atoms with Crippen LogP contribution in [0.3, 0.4) is 0 Å². The fraction of sp³-hybridized carbons (Fsp3) is 0.312. The maximum Gasteiger partial charge on any atom is 0.274 e. The summed E-state index contributed by atoms with van der Waals surface area (Å²) in [5, 5.41) is 2.27. The van der Waals surface area contributed by atoms with E-state index in [4.69, 9.17) is 4.42 Å². The number of benzene rings is 1. The minimum Gasteiger partial charge on any atom is -0.448 e. The van der Waals surface area contributed by atoms with Crippen LogP contribution >= 0.6 is 0 Å². The summed E-state index contributed by atoms with van der Waals surface area (Å²) < 4.78 is 45.0. The lowest BCUT2D eigenvalue weighted by atomic mass is 10.2. The zero-order valence-electron chi connectivity index (χ0n) is 13.8. The fourth-order valence-electron chi connectivity index (χ4n) is 2.10. The molecule has 1 amide bonds. The molecule has 0 spiro atoms. The van der Waals surface area contributed by atoms with Gasteiger partial charge in [-0.3, -0.25) is 4.79 Å². The molecular weight excluding hydrogens is 335 g/mol. The van der Waals surface area contributed by atoms with E-state index in [-0.39, 0.29) is 28.3 Å². The van der Waals surface area contributed by atoms with E-state index < -0.39 is 15.9 Å². The van der Waals surface area contributed by atoms with Crippen molar-refractivity contribution in [1.82, 2.24) is 4.72 Å². The number of anilines is 1. The Bertz CT molecular complexity index is 872. The van der Waals surface area contributed by atoms with Gasteiger partial charge in [-0.2, -0.15) is 0 Å². The molecule has 130 valence electrons. The summed E-state index contributed by atoms with van der Waals surface area (Å²) in [5.74, 6) is -0.732. The molecule has 0 unspecified atom stereocenters. The van der Waals surface area contributed by atoms with E-state index in [1.807, 2.05) is 0 Å². The molecular formula is C16H19FN2O4S. The third-order valence-electron chi connectivity index (χ3n) is 3.21. The first kappa shape index (κ1) is 18.2. The van der Waals surface area contributed by atoms with Gasteiger partial charge in [-0.1, -0.05) is 0 Å². The Morgan fingerprint density at radius 2 is 1.88 bits per heavy atom. The summed E-state index contributed by atoms with van der Waals surface area (Å²) in [6, 6.07) is 5.02. The normalized spacial score (nSPS) is 11.8. The van der Waals surface area contributed by atoms with Crippen LogP contribution in [0, 0.1) is 19.7 Å². The van der Waals surface area contributed by atoms with Gasteiger partial charge in [0.1, 0.15) is 11.6 Å². The second-order valence-electron chi connectivity index (χ2n) is 5.73. The first-order valence-electron chi connectivity index (χ1n) is 7.30. The smallest absolute Gasteiger partial charge is 0.274 e. The Balaban J connectivity index is 2.26. The largest absolute Gasteiger partial charge is 0.448 e. The topological polar surface area (TPSA) is 88.4 Å². The molecule has 1 aromatic heterocycles. The van der Waals surface area contributed by atoms with Crippen LogP contribution in [0.1, 0.15) is 35.5 Å². The molecule has 1 aromatic carbocycles. The maximum absolute atomic E-state index is 13.3. The summed E-state index contributed by atoms with van der Waals surface area (Å²) in [5.41, 5.74) is 0.895. The van der Waals surface area contributed by atoms with Gasteiger partial charge in [0.15, 0.2) is 0 Å². The van der Waals surface area contributed by atoms with E-state index in [1.165, 1.54) is 31.2 Å². The molecule has 0 aliphatic carbocycles. The first-order valence-corrected chi connectivity index (χ1v) is 8.78. The molecule has 1 heterocycles. The van der Waals surface area contributed by atoms with E-state index in [1.54, 1.807) is 20.8 Å². The van der Waals surface area contributed by atoms with Crippen LogP contribution in [0.15, 0.2) is 33.8 Å². The van der Waals surface area contributed by atoms with E-state index in [0.717, 1.165) is 0 Å². The summed E-state index contributed by atoms with van der Waals surface area (Å²) in [7, 11) is -3.83. The molecule has 0 saturated carbocycles. The molecule has 2 rings (SSSR count). The molecule has 6 nitrogen and oxygen atoms in total.